The Bertz CT molecular complexity index is 801. The third-order valence-electron chi connectivity index (χ3n) is 4.61. The fourth-order valence-corrected chi connectivity index (χ4v) is 3.16. The predicted molar refractivity (Wildman–Crippen MR) is 113 cm³/mol. The Balaban J connectivity index is 0.00000210. The number of rotatable bonds is 5. The number of ether oxygens (including phenoxy) is 2. The van der Waals surface area contributed by atoms with Crippen molar-refractivity contribution in [2.75, 3.05) is 45.2 Å². The van der Waals surface area contributed by atoms with Crippen LogP contribution in [0.15, 0.2) is 42.5 Å². The minimum absolute atomic E-state index is 0. The van der Waals surface area contributed by atoms with Crippen molar-refractivity contribution in [2.45, 2.75) is 6.54 Å². The third kappa shape index (κ3) is 6.22. The third-order valence-corrected chi connectivity index (χ3v) is 4.61. The Morgan fingerprint density at radius 3 is 2.41 bits per heavy atom. The van der Waals surface area contributed by atoms with Gasteiger partial charge in [0.2, 0.25) is 0 Å². The predicted octanol–water partition coefficient (Wildman–Crippen LogP) is 2.47. The molecule has 0 spiro atoms. The van der Waals surface area contributed by atoms with Gasteiger partial charge >= 0.3 is 6.09 Å². The van der Waals surface area contributed by atoms with Gasteiger partial charge in [-0.3, -0.25) is 4.90 Å². The molecule has 160 valence electrons. The van der Waals surface area contributed by atoms with E-state index in [1.54, 1.807) is 19.2 Å². The molecule has 2 aromatic carbocycles. The summed E-state index contributed by atoms with van der Waals surface area (Å²) in [7, 11) is 3.05. The van der Waals surface area contributed by atoms with E-state index in [0.29, 0.717) is 17.2 Å². The quantitative estimate of drug-likeness (QED) is 0.792. The van der Waals surface area contributed by atoms with Gasteiger partial charge in [-0.05, 0) is 29.8 Å². The molecule has 0 radical (unpaired) electrons. The summed E-state index contributed by atoms with van der Waals surface area (Å²) in [6.07, 6.45) is -0.537. The SMILES string of the molecule is CNC(=O)Oc1ccc(CN2CCN(c3ccccc3F)CC2)cc1OC.Cl.O. The maximum Gasteiger partial charge on any atom is 0.412 e. The maximum atomic E-state index is 13.9. The highest BCUT2D eigenvalue weighted by Gasteiger charge is 2.20. The molecule has 1 saturated heterocycles. The fourth-order valence-electron chi connectivity index (χ4n) is 3.16. The average Bonchev–Trinajstić information content (AvgIpc) is 2.70. The van der Waals surface area contributed by atoms with Crippen LogP contribution >= 0.6 is 12.4 Å². The van der Waals surface area contributed by atoms with Crippen LogP contribution in [-0.2, 0) is 6.54 Å². The van der Waals surface area contributed by atoms with Gasteiger partial charge in [0.05, 0.1) is 12.8 Å². The Hall–Kier alpha value is -2.55. The van der Waals surface area contributed by atoms with Crippen LogP contribution in [0.5, 0.6) is 11.5 Å². The van der Waals surface area contributed by atoms with Crippen molar-refractivity contribution in [3.05, 3.63) is 53.8 Å². The summed E-state index contributed by atoms with van der Waals surface area (Å²) >= 11 is 0. The zero-order chi connectivity index (χ0) is 19.2. The number of piperazine rings is 1. The number of carbonyl (C=O) groups excluding carboxylic acids is 1. The first-order valence-electron chi connectivity index (χ1n) is 8.89. The molecule has 1 fully saturated rings. The standard InChI is InChI=1S/C20H24FN3O3.ClH.H2O/c1-22-20(25)27-18-8-7-15(13-19(18)26-2)14-23-9-11-24(12-10-23)17-6-4-3-5-16(17)21;;/h3-8,13H,9-12,14H2,1-2H3,(H,22,25);1H;1H2. The van der Waals surface area contributed by atoms with E-state index < -0.39 is 6.09 Å². The normalized spacial score (nSPS) is 13.7. The number of hydrogen-bond acceptors (Lipinski definition) is 5. The first kappa shape index (κ1) is 24.5. The van der Waals surface area contributed by atoms with Crippen LogP contribution in [0.3, 0.4) is 0 Å². The van der Waals surface area contributed by atoms with E-state index in [1.165, 1.54) is 13.1 Å². The van der Waals surface area contributed by atoms with Gasteiger partial charge in [0.15, 0.2) is 11.5 Å². The maximum absolute atomic E-state index is 13.9. The van der Waals surface area contributed by atoms with Gasteiger partial charge in [-0.25, -0.2) is 9.18 Å². The molecule has 1 aliphatic heterocycles. The Kier molecular flexibility index (Phi) is 9.67. The van der Waals surface area contributed by atoms with Gasteiger partial charge in [-0.2, -0.15) is 0 Å². The molecule has 2 aromatic rings. The largest absolute Gasteiger partial charge is 0.493 e. The summed E-state index contributed by atoms with van der Waals surface area (Å²) in [6.45, 7) is 3.98. The summed E-state index contributed by atoms with van der Waals surface area (Å²) in [5.74, 6) is 0.716. The number of anilines is 1. The number of benzene rings is 2. The highest BCUT2D eigenvalue weighted by Crippen LogP contribution is 2.29. The van der Waals surface area contributed by atoms with Crippen LogP contribution < -0.4 is 19.7 Å². The Morgan fingerprint density at radius 1 is 1.10 bits per heavy atom. The van der Waals surface area contributed by atoms with E-state index in [0.717, 1.165) is 38.3 Å². The van der Waals surface area contributed by atoms with Gasteiger partial charge in [0.25, 0.3) is 0 Å². The first-order chi connectivity index (χ1) is 13.1. The number of hydrogen-bond donors (Lipinski definition) is 1. The van der Waals surface area contributed by atoms with Crippen molar-refractivity contribution in [1.82, 2.24) is 10.2 Å². The molecule has 0 aromatic heterocycles. The molecule has 9 heteroatoms. The van der Waals surface area contributed by atoms with E-state index in [9.17, 15) is 9.18 Å². The lowest BCUT2D eigenvalue weighted by atomic mass is 10.1. The Labute approximate surface area is 176 Å². The average molecular weight is 428 g/mol. The van der Waals surface area contributed by atoms with Crippen molar-refractivity contribution in [1.29, 1.82) is 0 Å². The van der Waals surface area contributed by atoms with Gasteiger partial charge in [0, 0.05) is 39.8 Å². The molecule has 1 amide bonds. The lowest BCUT2D eigenvalue weighted by molar-refractivity contribution is 0.200. The molecule has 3 N–H and O–H groups in total. The second-order valence-electron chi connectivity index (χ2n) is 6.34. The number of carbonyl (C=O) groups is 1. The van der Waals surface area contributed by atoms with E-state index in [2.05, 4.69) is 15.1 Å². The summed E-state index contributed by atoms with van der Waals surface area (Å²) in [4.78, 5) is 15.8. The second kappa shape index (κ2) is 11.5. The van der Waals surface area contributed by atoms with Crippen LogP contribution in [-0.4, -0.2) is 56.8 Å². The zero-order valence-electron chi connectivity index (χ0n) is 16.5. The minimum atomic E-state index is -0.537. The zero-order valence-corrected chi connectivity index (χ0v) is 17.3. The number of halogens is 2. The number of para-hydroxylation sites is 1. The van der Waals surface area contributed by atoms with Crippen molar-refractivity contribution >= 4 is 24.2 Å². The number of nitrogens with one attached hydrogen (secondary N) is 1. The smallest absolute Gasteiger partial charge is 0.412 e. The monoisotopic (exact) mass is 427 g/mol. The minimum Gasteiger partial charge on any atom is -0.493 e. The summed E-state index contributed by atoms with van der Waals surface area (Å²) in [6, 6.07) is 12.4. The van der Waals surface area contributed by atoms with E-state index >= 15 is 0 Å². The molecular weight excluding hydrogens is 401 g/mol. The number of amides is 1. The van der Waals surface area contributed by atoms with Crippen LogP contribution in [0, 0.1) is 5.82 Å². The van der Waals surface area contributed by atoms with Gasteiger partial charge in [-0.15, -0.1) is 12.4 Å². The van der Waals surface area contributed by atoms with E-state index in [1.807, 2.05) is 24.3 Å². The topological polar surface area (TPSA) is 85.5 Å². The molecule has 29 heavy (non-hydrogen) atoms. The molecule has 3 rings (SSSR count). The molecular formula is C20H27ClFN3O4. The summed E-state index contributed by atoms with van der Waals surface area (Å²) < 4.78 is 24.5. The van der Waals surface area contributed by atoms with Crippen LogP contribution in [0.1, 0.15) is 5.56 Å². The summed E-state index contributed by atoms with van der Waals surface area (Å²) in [5, 5.41) is 2.41. The molecule has 7 nitrogen and oxygen atoms in total. The number of nitrogens with zero attached hydrogens (tertiary/aromatic N) is 2. The highest BCUT2D eigenvalue weighted by atomic mass is 35.5. The fraction of sp³-hybridized carbons (Fsp3) is 0.350. The van der Waals surface area contributed by atoms with Crippen molar-refractivity contribution in [3.63, 3.8) is 0 Å². The van der Waals surface area contributed by atoms with Gasteiger partial charge < -0.3 is 25.2 Å². The van der Waals surface area contributed by atoms with Crippen molar-refractivity contribution < 1.29 is 24.1 Å². The van der Waals surface area contributed by atoms with Gasteiger partial charge in [0.1, 0.15) is 5.82 Å². The molecule has 0 unspecified atom stereocenters. The highest BCUT2D eigenvalue weighted by molar-refractivity contribution is 5.85. The van der Waals surface area contributed by atoms with Crippen molar-refractivity contribution in [2.24, 2.45) is 0 Å². The molecule has 0 aliphatic carbocycles. The van der Waals surface area contributed by atoms with E-state index in [-0.39, 0.29) is 23.7 Å². The molecule has 1 heterocycles. The van der Waals surface area contributed by atoms with Crippen molar-refractivity contribution in [3.8, 4) is 11.5 Å². The van der Waals surface area contributed by atoms with Crippen LogP contribution in [0.25, 0.3) is 0 Å². The molecule has 1 aliphatic rings. The molecule has 0 saturated carbocycles. The van der Waals surface area contributed by atoms with Crippen LogP contribution in [0.2, 0.25) is 0 Å². The number of methoxy groups -OCH3 is 1. The van der Waals surface area contributed by atoms with Crippen LogP contribution in [0.4, 0.5) is 14.9 Å². The molecule has 0 bridgehead atoms. The molecule has 0 atom stereocenters. The lowest BCUT2D eigenvalue weighted by Crippen LogP contribution is -2.46. The first-order valence-corrected chi connectivity index (χ1v) is 8.89. The van der Waals surface area contributed by atoms with E-state index in [4.69, 9.17) is 9.47 Å². The second-order valence-corrected chi connectivity index (χ2v) is 6.34. The lowest BCUT2D eigenvalue weighted by Gasteiger charge is -2.36. The summed E-state index contributed by atoms with van der Waals surface area (Å²) in [5.41, 5.74) is 1.73. The van der Waals surface area contributed by atoms with Gasteiger partial charge in [-0.1, -0.05) is 18.2 Å². The Morgan fingerprint density at radius 2 is 1.79 bits per heavy atom.